The first-order valence-corrected chi connectivity index (χ1v) is 17.1. The number of carboxylic acids is 1. The van der Waals surface area contributed by atoms with Gasteiger partial charge in [0.1, 0.15) is 47.4 Å². The molecule has 3 unspecified atom stereocenters. The Morgan fingerprint density at radius 2 is 1.52 bits per heavy atom. The SMILES string of the molecule is CCC(C)c1cc2c(O)c3ccc4c(OC)c5c(c(O)c4c3c(O)c2c(=O)n1CC(=O)N1CC(C(=O)O)NC(=O)C1C)C(=O)c1c(O)ccc(C)c1C5=O. The summed E-state index contributed by atoms with van der Waals surface area (Å²) in [6.45, 7) is 5.62. The van der Waals surface area contributed by atoms with Gasteiger partial charge in [-0.25, -0.2) is 4.79 Å². The number of phenols is 4. The monoisotopic (exact) mass is 737 g/mol. The number of fused-ring (bicyclic) bond motifs is 6. The molecule has 1 saturated heterocycles. The van der Waals surface area contributed by atoms with Crippen LogP contribution >= 0.6 is 0 Å². The first kappa shape index (κ1) is 35.7. The van der Waals surface area contributed by atoms with Crippen LogP contribution in [-0.2, 0) is 20.9 Å². The molecule has 278 valence electrons. The third-order valence-corrected chi connectivity index (χ3v) is 10.8. The molecule has 0 bridgehead atoms. The van der Waals surface area contributed by atoms with Gasteiger partial charge < -0.3 is 45.1 Å². The van der Waals surface area contributed by atoms with Crippen molar-refractivity contribution in [3.63, 3.8) is 0 Å². The van der Waals surface area contributed by atoms with E-state index >= 15 is 0 Å². The zero-order valence-corrected chi connectivity index (χ0v) is 29.7. The van der Waals surface area contributed by atoms with Crippen LogP contribution in [0.25, 0.3) is 32.3 Å². The minimum atomic E-state index is -1.38. The van der Waals surface area contributed by atoms with E-state index in [-0.39, 0.29) is 61.8 Å². The number of rotatable bonds is 6. The normalized spacial score (nSPS) is 17.4. The zero-order chi connectivity index (χ0) is 39.2. The third kappa shape index (κ3) is 4.87. The number of aryl methyl sites for hydroxylation is 1. The Balaban J connectivity index is 1.52. The van der Waals surface area contributed by atoms with Crippen LogP contribution in [0.4, 0.5) is 0 Å². The molecule has 1 aromatic heterocycles. The van der Waals surface area contributed by atoms with Gasteiger partial charge in [-0.3, -0.25) is 24.0 Å². The van der Waals surface area contributed by atoms with Crippen LogP contribution < -0.4 is 15.6 Å². The van der Waals surface area contributed by atoms with Crippen LogP contribution in [0.3, 0.4) is 0 Å². The first-order chi connectivity index (χ1) is 25.5. The summed E-state index contributed by atoms with van der Waals surface area (Å²) >= 11 is 0. The van der Waals surface area contributed by atoms with Crippen LogP contribution in [0, 0.1) is 6.92 Å². The van der Waals surface area contributed by atoms with E-state index in [9.17, 15) is 54.3 Å². The highest BCUT2D eigenvalue weighted by Crippen LogP contribution is 2.52. The predicted molar refractivity (Wildman–Crippen MR) is 194 cm³/mol. The summed E-state index contributed by atoms with van der Waals surface area (Å²) in [4.78, 5) is 81.7. The summed E-state index contributed by atoms with van der Waals surface area (Å²) in [6.07, 6.45) is 0.484. The summed E-state index contributed by atoms with van der Waals surface area (Å²) in [6, 6.07) is 4.58. The smallest absolute Gasteiger partial charge is 0.328 e. The number of piperazine rings is 1. The van der Waals surface area contributed by atoms with Gasteiger partial charge in [-0.05, 0) is 56.0 Å². The molecule has 0 radical (unpaired) electrons. The average molecular weight is 738 g/mol. The molecule has 54 heavy (non-hydrogen) atoms. The predicted octanol–water partition coefficient (Wildman–Crippen LogP) is 3.54. The number of benzene rings is 4. The maximum absolute atomic E-state index is 14.5. The molecule has 0 saturated carbocycles. The lowest BCUT2D eigenvalue weighted by molar-refractivity contribution is -0.151. The van der Waals surface area contributed by atoms with Crippen LogP contribution in [0.5, 0.6) is 28.7 Å². The van der Waals surface area contributed by atoms with Crippen molar-refractivity contribution in [2.75, 3.05) is 13.7 Å². The molecule has 4 aromatic carbocycles. The molecular weight excluding hydrogens is 702 g/mol. The Kier molecular flexibility index (Phi) is 8.27. The molecule has 7 rings (SSSR count). The van der Waals surface area contributed by atoms with Crippen molar-refractivity contribution in [3.05, 3.63) is 74.2 Å². The lowest BCUT2D eigenvalue weighted by atomic mass is 9.78. The van der Waals surface area contributed by atoms with Crippen molar-refractivity contribution >= 4 is 61.7 Å². The lowest BCUT2D eigenvalue weighted by Crippen LogP contribution is -2.63. The summed E-state index contributed by atoms with van der Waals surface area (Å²) in [5.74, 6) is -7.37. The number of carbonyl (C=O) groups excluding carboxylic acids is 4. The standard InChI is InChI=1S/C39H35N3O12/c1-6-14(2)21-11-19-27(38(51)42(21)13-23(44)41-12-20(39(52)53)40-37(50)16(41)4)33(47)25-17(31(19)45)8-9-18-26(25)34(48)29-30(36(18)54-5)32(46)24-15(3)7-10-22(43)28(24)35(29)49/h7-11,14,16,20,43,45,47-48H,6,12-13H2,1-5H3,(H,40,50)(H,52,53). The summed E-state index contributed by atoms with van der Waals surface area (Å²) < 4.78 is 6.76. The molecule has 1 aliphatic carbocycles. The van der Waals surface area contributed by atoms with Gasteiger partial charge in [0.25, 0.3) is 5.56 Å². The summed E-state index contributed by atoms with van der Waals surface area (Å²) in [5, 5.41) is 57.3. The number of hydrogen-bond donors (Lipinski definition) is 6. The number of nitrogens with one attached hydrogen (secondary N) is 1. The zero-order valence-electron chi connectivity index (χ0n) is 29.7. The molecule has 5 aromatic rings. The highest BCUT2D eigenvalue weighted by Gasteiger charge is 2.41. The van der Waals surface area contributed by atoms with E-state index in [2.05, 4.69) is 5.32 Å². The van der Waals surface area contributed by atoms with Crippen molar-refractivity contribution in [3.8, 4) is 28.7 Å². The van der Waals surface area contributed by atoms with E-state index in [1.807, 2.05) is 6.92 Å². The van der Waals surface area contributed by atoms with Crippen molar-refractivity contribution in [1.82, 2.24) is 14.8 Å². The molecule has 2 amide bonds. The summed E-state index contributed by atoms with van der Waals surface area (Å²) in [5.41, 5.74) is -1.41. The minimum absolute atomic E-state index is 0.0327. The highest BCUT2D eigenvalue weighted by atomic mass is 16.5. The van der Waals surface area contributed by atoms with Crippen molar-refractivity contribution in [2.45, 2.75) is 58.7 Å². The molecule has 1 fully saturated rings. The van der Waals surface area contributed by atoms with E-state index in [1.165, 1.54) is 44.4 Å². The minimum Gasteiger partial charge on any atom is -0.507 e. The van der Waals surface area contributed by atoms with E-state index < -0.39 is 87.5 Å². The number of carboxylic acid groups (broad SMARTS) is 1. The van der Waals surface area contributed by atoms with Gasteiger partial charge in [0.15, 0.2) is 5.78 Å². The number of hydrogen-bond acceptors (Lipinski definition) is 11. The van der Waals surface area contributed by atoms with E-state index in [0.717, 1.165) is 9.47 Å². The Morgan fingerprint density at radius 1 is 0.870 bits per heavy atom. The number of ether oxygens (including phenoxy) is 1. The van der Waals surface area contributed by atoms with Crippen LogP contribution in [0.1, 0.15) is 76.2 Å². The van der Waals surface area contributed by atoms with Crippen LogP contribution in [0.15, 0.2) is 35.1 Å². The number of aromatic hydroxyl groups is 4. The first-order valence-electron chi connectivity index (χ1n) is 17.1. The van der Waals surface area contributed by atoms with E-state index in [1.54, 1.807) is 13.8 Å². The quantitative estimate of drug-likeness (QED) is 0.0819. The van der Waals surface area contributed by atoms with Gasteiger partial charge >= 0.3 is 5.97 Å². The van der Waals surface area contributed by atoms with Crippen molar-refractivity contribution < 1.29 is 54.2 Å². The number of aliphatic carboxylic acids is 1. The number of ketones is 2. The van der Waals surface area contributed by atoms with Gasteiger partial charge in [0.2, 0.25) is 17.6 Å². The Labute approximate surface area is 305 Å². The number of pyridine rings is 1. The molecule has 2 aliphatic rings. The van der Waals surface area contributed by atoms with Gasteiger partial charge in [0, 0.05) is 38.2 Å². The number of methoxy groups -OCH3 is 1. The molecule has 6 N–H and O–H groups in total. The Bertz CT molecular complexity index is 2640. The third-order valence-electron chi connectivity index (χ3n) is 10.8. The summed E-state index contributed by atoms with van der Waals surface area (Å²) in [7, 11) is 1.24. The Morgan fingerprint density at radius 3 is 2.17 bits per heavy atom. The van der Waals surface area contributed by atoms with Gasteiger partial charge in [-0.15, -0.1) is 0 Å². The molecule has 1 aliphatic heterocycles. The van der Waals surface area contributed by atoms with Crippen LogP contribution in [0.2, 0.25) is 0 Å². The number of amides is 2. The van der Waals surface area contributed by atoms with E-state index in [4.69, 9.17) is 4.74 Å². The number of carbonyl (C=O) groups is 5. The molecule has 3 atom stereocenters. The number of aromatic nitrogens is 1. The molecule has 0 spiro atoms. The fraction of sp³-hybridized carbons (Fsp3) is 0.282. The van der Waals surface area contributed by atoms with Gasteiger partial charge in [-0.1, -0.05) is 19.9 Å². The molecule has 15 nitrogen and oxygen atoms in total. The second-order valence-corrected chi connectivity index (χ2v) is 13.7. The number of nitrogens with zero attached hydrogens (tertiary/aromatic N) is 2. The topological polar surface area (TPSA) is 233 Å². The number of phenolic OH excluding ortho intramolecular Hbond substituents is 4. The average Bonchev–Trinajstić information content (AvgIpc) is 3.14. The highest BCUT2D eigenvalue weighted by molar-refractivity contribution is 6.35. The molecule has 15 heteroatoms. The largest absolute Gasteiger partial charge is 0.507 e. The second kappa shape index (κ2) is 12.5. The van der Waals surface area contributed by atoms with Gasteiger partial charge in [-0.2, -0.15) is 0 Å². The fourth-order valence-electron chi connectivity index (χ4n) is 7.74. The van der Waals surface area contributed by atoms with Crippen molar-refractivity contribution in [1.29, 1.82) is 0 Å². The molecule has 2 heterocycles. The molecular formula is C39H35N3O12. The van der Waals surface area contributed by atoms with Crippen molar-refractivity contribution in [2.24, 2.45) is 0 Å². The fourth-order valence-corrected chi connectivity index (χ4v) is 7.74. The second-order valence-electron chi connectivity index (χ2n) is 13.7. The van der Waals surface area contributed by atoms with E-state index in [0.29, 0.717) is 17.7 Å². The van der Waals surface area contributed by atoms with Crippen LogP contribution in [-0.4, -0.2) is 90.1 Å². The maximum atomic E-state index is 14.5. The lowest BCUT2D eigenvalue weighted by Gasteiger charge is -2.36. The van der Waals surface area contributed by atoms with Gasteiger partial charge in [0.05, 0.1) is 35.7 Å². The maximum Gasteiger partial charge on any atom is 0.328 e. The Hall–Kier alpha value is -6.64.